The highest BCUT2D eigenvalue weighted by Crippen LogP contribution is 2.29. The molecule has 0 radical (unpaired) electrons. The third-order valence-electron chi connectivity index (χ3n) is 4.75. The van der Waals surface area contributed by atoms with Crippen LogP contribution in [-0.4, -0.2) is 42.0 Å². The van der Waals surface area contributed by atoms with Crippen LogP contribution in [0.25, 0.3) is 0 Å². The number of rotatable bonds is 6. The zero-order valence-electron chi connectivity index (χ0n) is 14.6. The molecule has 0 aromatic carbocycles. The third-order valence-corrected chi connectivity index (χ3v) is 4.75. The van der Waals surface area contributed by atoms with E-state index in [2.05, 4.69) is 24.2 Å². The van der Waals surface area contributed by atoms with E-state index in [9.17, 15) is 4.79 Å². The van der Waals surface area contributed by atoms with Gasteiger partial charge in [0, 0.05) is 30.6 Å². The molecule has 0 bridgehead atoms. The molecule has 1 aliphatic carbocycles. The van der Waals surface area contributed by atoms with Gasteiger partial charge in [0.2, 0.25) is 5.91 Å². The highest BCUT2D eigenvalue weighted by molar-refractivity contribution is 5.77. The molecule has 4 nitrogen and oxygen atoms in total. The molecule has 0 heterocycles. The maximum absolute atomic E-state index is 12.1. The Morgan fingerprint density at radius 2 is 1.86 bits per heavy atom. The first-order valence-electron chi connectivity index (χ1n) is 8.49. The van der Waals surface area contributed by atoms with E-state index in [1.54, 1.807) is 0 Å². The predicted octanol–water partition coefficient (Wildman–Crippen LogP) is 2.52. The summed E-state index contributed by atoms with van der Waals surface area (Å²) in [7, 11) is 2.14. The van der Waals surface area contributed by atoms with Gasteiger partial charge in [-0.3, -0.25) is 9.69 Å². The van der Waals surface area contributed by atoms with Gasteiger partial charge in [-0.05, 0) is 59.4 Å². The first-order valence-corrected chi connectivity index (χ1v) is 8.49. The molecule has 4 heteroatoms. The van der Waals surface area contributed by atoms with Crippen molar-refractivity contribution in [3.63, 3.8) is 0 Å². The van der Waals surface area contributed by atoms with Gasteiger partial charge in [0.25, 0.3) is 0 Å². The molecule has 0 spiro atoms. The van der Waals surface area contributed by atoms with Crippen molar-refractivity contribution in [3.8, 4) is 0 Å². The molecule has 1 atom stereocenters. The summed E-state index contributed by atoms with van der Waals surface area (Å²) in [5.41, 5.74) is 5.75. The molecule has 1 saturated carbocycles. The van der Waals surface area contributed by atoms with E-state index in [-0.39, 0.29) is 17.5 Å². The quantitative estimate of drug-likeness (QED) is 0.792. The van der Waals surface area contributed by atoms with E-state index < -0.39 is 0 Å². The molecular weight excluding hydrogens is 262 g/mol. The van der Waals surface area contributed by atoms with Crippen LogP contribution in [0, 0.1) is 5.92 Å². The van der Waals surface area contributed by atoms with Crippen LogP contribution in [0.1, 0.15) is 66.2 Å². The zero-order valence-corrected chi connectivity index (χ0v) is 14.6. The highest BCUT2D eigenvalue weighted by atomic mass is 16.1. The summed E-state index contributed by atoms with van der Waals surface area (Å²) >= 11 is 0. The topological polar surface area (TPSA) is 58.4 Å². The molecule has 1 aliphatic rings. The predicted molar refractivity (Wildman–Crippen MR) is 89.2 cm³/mol. The normalized spacial score (nSPS) is 24.9. The molecule has 1 rings (SSSR count). The number of nitrogens with two attached hydrogens (primary N) is 1. The Kier molecular flexibility index (Phi) is 7.14. The molecule has 124 valence electrons. The summed E-state index contributed by atoms with van der Waals surface area (Å²) in [5.74, 6) is 1.00. The van der Waals surface area contributed by atoms with Gasteiger partial charge < -0.3 is 11.1 Å². The summed E-state index contributed by atoms with van der Waals surface area (Å²) in [4.78, 5) is 14.5. The molecule has 1 amide bonds. The van der Waals surface area contributed by atoms with E-state index in [1.807, 2.05) is 20.8 Å². The van der Waals surface area contributed by atoms with Crippen LogP contribution < -0.4 is 11.1 Å². The number of nitrogens with one attached hydrogen (secondary N) is 1. The lowest BCUT2D eigenvalue weighted by molar-refractivity contribution is -0.123. The van der Waals surface area contributed by atoms with Crippen molar-refractivity contribution in [1.29, 1.82) is 0 Å². The largest absolute Gasteiger partial charge is 0.351 e. The van der Waals surface area contributed by atoms with E-state index >= 15 is 0 Å². The Morgan fingerprint density at radius 3 is 2.29 bits per heavy atom. The summed E-state index contributed by atoms with van der Waals surface area (Å²) in [6, 6.07) is 0.735. The number of hydrogen-bond acceptors (Lipinski definition) is 3. The molecule has 0 saturated heterocycles. The van der Waals surface area contributed by atoms with Gasteiger partial charge in [0.05, 0.1) is 0 Å². The van der Waals surface area contributed by atoms with Crippen molar-refractivity contribution in [2.75, 3.05) is 13.6 Å². The zero-order chi connectivity index (χ0) is 16.0. The van der Waals surface area contributed by atoms with E-state index in [4.69, 9.17) is 5.73 Å². The fraction of sp³-hybridized carbons (Fsp3) is 0.941. The highest BCUT2D eigenvalue weighted by Gasteiger charge is 2.28. The first-order chi connectivity index (χ1) is 9.76. The molecular formula is C17H35N3O. The van der Waals surface area contributed by atoms with Gasteiger partial charge in [-0.2, -0.15) is 0 Å². The number of nitrogens with zero attached hydrogens (tertiary/aromatic N) is 1. The Morgan fingerprint density at radius 1 is 1.29 bits per heavy atom. The van der Waals surface area contributed by atoms with Gasteiger partial charge in [-0.15, -0.1) is 0 Å². The minimum Gasteiger partial charge on any atom is -0.351 e. The van der Waals surface area contributed by atoms with Crippen LogP contribution in [0.4, 0.5) is 0 Å². The van der Waals surface area contributed by atoms with Gasteiger partial charge in [0.1, 0.15) is 0 Å². The van der Waals surface area contributed by atoms with Crippen LogP contribution in [0.5, 0.6) is 0 Å². The molecule has 1 unspecified atom stereocenters. The average Bonchev–Trinajstić information content (AvgIpc) is 2.42. The number of hydrogen-bond donors (Lipinski definition) is 2. The Labute approximate surface area is 130 Å². The lowest BCUT2D eigenvalue weighted by Gasteiger charge is -2.38. The smallest absolute Gasteiger partial charge is 0.222 e. The summed E-state index contributed by atoms with van der Waals surface area (Å²) in [5, 5.41) is 3.04. The van der Waals surface area contributed by atoms with Crippen LogP contribution in [0.3, 0.4) is 0 Å². The fourth-order valence-corrected chi connectivity index (χ4v) is 3.34. The Hall–Kier alpha value is -0.610. The number of carbonyl (C=O) groups is 1. The standard InChI is InChI=1S/C17H35N3O/c1-6-13-7-9-14(10-8-13)20(5)15(12-18)11-16(21)19-17(2,3)4/h13-15H,6-12,18H2,1-5H3,(H,19,21). The van der Waals surface area contributed by atoms with Crippen LogP contribution in [-0.2, 0) is 4.79 Å². The second kappa shape index (κ2) is 8.14. The number of carbonyl (C=O) groups excluding carboxylic acids is 1. The van der Waals surface area contributed by atoms with E-state index in [0.29, 0.717) is 19.0 Å². The van der Waals surface area contributed by atoms with E-state index in [1.165, 1.54) is 32.1 Å². The molecule has 3 N–H and O–H groups in total. The summed E-state index contributed by atoms with van der Waals surface area (Å²) in [6.07, 6.45) is 6.91. The van der Waals surface area contributed by atoms with Gasteiger partial charge in [-0.25, -0.2) is 0 Å². The summed E-state index contributed by atoms with van der Waals surface area (Å²) < 4.78 is 0. The lowest BCUT2D eigenvalue weighted by atomic mass is 9.83. The van der Waals surface area contributed by atoms with Gasteiger partial charge in [-0.1, -0.05) is 13.3 Å². The minimum atomic E-state index is -0.173. The second-order valence-corrected chi connectivity index (χ2v) is 7.64. The van der Waals surface area contributed by atoms with Crippen LogP contribution >= 0.6 is 0 Å². The molecule has 21 heavy (non-hydrogen) atoms. The Bertz CT molecular complexity index is 316. The van der Waals surface area contributed by atoms with Crippen molar-refractivity contribution in [2.24, 2.45) is 11.7 Å². The average molecular weight is 297 g/mol. The first kappa shape index (κ1) is 18.4. The number of amides is 1. The fourth-order valence-electron chi connectivity index (χ4n) is 3.34. The van der Waals surface area contributed by atoms with Crippen molar-refractivity contribution >= 4 is 5.91 Å². The molecule has 1 fully saturated rings. The van der Waals surface area contributed by atoms with Gasteiger partial charge in [0.15, 0.2) is 0 Å². The molecule has 0 aromatic rings. The minimum absolute atomic E-state index is 0.104. The van der Waals surface area contributed by atoms with Gasteiger partial charge >= 0.3 is 0 Å². The number of likely N-dealkylation sites (N-methyl/N-ethyl adjacent to an activating group) is 1. The monoisotopic (exact) mass is 297 g/mol. The van der Waals surface area contributed by atoms with Crippen molar-refractivity contribution in [2.45, 2.75) is 83.8 Å². The lowest BCUT2D eigenvalue weighted by Crippen LogP contribution is -2.49. The van der Waals surface area contributed by atoms with Crippen LogP contribution in [0.2, 0.25) is 0 Å². The maximum Gasteiger partial charge on any atom is 0.222 e. The third kappa shape index (κ3) is 6.35. The van der Waals surface area contributed by atoms with Crippen molar-refractivity contribution in [1.82, 2.24) is 10.2 Å². The van der Waals surface area contributed by atoms with E-state index in [0.717, 1.165) is 5.92 Å². The maximum atomic E-state index is 12.1. The molecule has 0 aromatic heterocycles. The van der Waals surface area contributed by atoms with Crippen molar-refractivity contribution in [3.05, 3.63) is 0 Å². The Balaban J connectivity index is 2.49. The summed E-state index contributed by atoms with van der Waals surface area (Å²) in [6.45, 7) is 8.87. The van der Waals surface area contributed by atoms with Crippen molar-refractivity contribution < 1.29 is 4.79 Å². The second-order valence-electron chi connectivity index (χ2n) is 7.64. The van der Waals surface area contributed by atoms with Crippen LogP contribution in [0.15, 0.2) is 0 Å². The SMILES string of the molecule is CCC1CCC(N(C)C(CN)CC(=O)NC(C)(C)C)CC1. The molecule has 0 aliphatic heterocycles.